The average Bonchev–Trinajstić information content (AvgIpc) is 2.39. The Labute approximate surface area is 63.5 Å². The Morgan fingerprint density at radius 2 is 2.64 bits per heavy atom. The van der Waals surface area contributed by atoms with Crippen molar-refractivity contribution >= 4 is 5.97 Å². The Morgan fingerprint density at radius 3 is 3.18 bits per heavy atom. The lowest BCUT2D eigenvalue weighted by Gasteiger charge is -1.96. The zero-order chi connectivity index (χ0) is 8.10. The molecule has 0 aliphatic rings. The first-order valence-corrected chi connectivity index (χ1v) is 3.20. The number of aliphatic carboxylic acids is 1. The lowest BCUT2D eigenvalue weighted by atomic mass is 10.5. The van der Waals surface area contributed by atoms with Crippen LogP contribution in [0.5, 0.6) is 0 Å². The highest BCUT2D eigenvalue weighted by molar-refractivity contribution is 5.68. The van der Waals surface area contributed by atoms with Gasteiger partial charge in [0.15, 0.2) is 0 Å². The Kier molecular flexibility index (Phi) is 2.62. The SMILES string of the molecule is O=C(O)CNCc1ncc[nH]1. The second kappa shape index (κ2) is 3.72. The number of carboxylic acids is 1. The van der Waals surface area contributed by atoms with Gasteiger partial charge in [-0.05, 0) is 0 Å². The molecule has 0 saturated carbocycles. The molecule has 0 bridgehead atoms. The monoisotopic (exact) mass is 155 g/mol. The minimum absolute atomic E-state index is 0.0410. The number of hydrogen-bond donors (Lipinski definition) is 3. The summed E-state index contributed by atoms with van der Waals surface area (Å²) in [6.45, 7) is 0.417. The van der Waals surface area contributed by atoms with Crippen molar-refractivity contribution in [1.82, 2.24) is 15.3 Å². The molecule has 3 N–H and O–H groups in total. The standard InChI is InChI=1S/C6H9N3O2/c10-6(11)4-7-3-5-8-1-2-9-5/h1-2,7H,3-4H2,(H,8,9)(H,10,11). The Hall–Kier alpha value is -1.36. The molecular formula is C6H9N3O2. The second-order valence-electron chi connectivity index (χ2n) is 2.03. The van der Waals surface area contributed by atoms with Gasteiger partial charge in [-0.1, -0.05) is 0 Å². The predicted octanol–water partition coefficient (Wildman–Crippen LogP) is -0.416. The van der Waals surface area contributed by atoms with Gasteiger partial charge >= 0.3 is 5.97 Å². The Balaban J connectivity index is 2.19. The molecule has 0 spiro atoms. The van der Waals surface area contributed by atoms with Gasteiger partial charge in [0.05, 0.1) is 13.1 Å². The molecule has 0 fully saturated rings. The summed E-state index contributed by atoms with van der Waals surface area (Å²) in [5.74, 6) is -0.122. The molecule has 0 atom stereocenters. The molecule has 1 aromatic heterocycles. The van der Waals surface area contributed by atoms with Gasteiger partial charge in [-0.2, -0.15) is 0 Å². The number of carboxylic acid groups (broad SMARTS) is 1. The third kappa shape index (κ3) is 2.81. The maximum absolute atomic E-state index is 10.0. The van der Waals surface area contributed by atoms with Gasteiger partial charge in [-0.25, -0.2) is 4.98 Å². The van der Waals surface area contributed by atoms with Crippen LogP contribution in [0.25, 0.3) is 0 Å². The lowest BCUT2D eigenvalue weighted by Crippen LogP contribution is -2.22. The third-order valence-electron chi connectivity index (χ3n) is 1.12. The first-order chi connectivity index (χ1) is 5.29. The number of hydrogen-bond acceptors (Lipinski definition) is 3. The van der Waals surface area contributed by atoms with E-state index in [2.05, 4.69) is 15.3 Å². The second-order valence-corrected chi connectivity index (χ2v) is 2.03. The molecule has 1 heterocycles. The molecule has 11 heavy (non-hydrogen) atoms. The molecular weight excluding hydrogens is 146 g/mol. The normalized spacial score (nSPS) is 9.82. The van der Waals surface area contributed by atoms with Crippen LogP contribution in [0.15, 0.2) is 12.4 Å². The largest absolute Gasteiger partial charge is 0.480 e. The zero-order valence-electron chi connectivity index (χ0n) is 5.87. The number of rotatable bonds is 4. The van der Waals surface area contributed by atoms with Gasteiger partial charge in [-0.3, -0.25) is 10.1 Å². The summed E-state index contributed by atoms with van der Waals surface area (Å²) in [6, 6.07) is 0. The molecule has 0 radical (unpaired) electrons. The van der Waals surface area contributed by atoms with Crippen molar-refractivity contribution < 1.29 is 9.90 Å². The molecule has 0 aliphatic carbocycles. The summed E-state index contributed by atoms with van der Waals surface area (Å²) in [6.07, 6.45) is 3.32. The number of H-pyrrole nitrogens is 1. The first-order valence-electron chi connectivity index (χ1n) is 3.20. The van der Waals surface area contributed by atoms with Crippen LogP contribution in [0.2, 0.25) is 0 Å². The van der Waals surface area contributed by atoms with E-state index in [-0.39, 0.29) is 6.54 Å². The minimum Gasteiger partial charge on any atom is -0.480 e. The van der Waals surface area contributed by atoms with Crippen LogP contribution in [0.1, 0.15) is 5.82 Å². The molecule has 5 nitrogen and oxygen atoms in total. The van der Waals surface area contributed by atoms with Crippen LogP contribution in [-0.2, 0) is 11.3 Å². The Bertz CT molecular complexity index is 220. The molecule has 0 saturated heterocycles. The third-order valence-corrected chi connectivity index (χ3v) is 1.12. The van der Waals surface area contributed by atoms with E-state index in [1.54, 1.807) is 12.4 Å². The molecule has 0 aliphatic heterocycles. The number of imidazole rings is 1. The highest BCUT2D eigenvalue weighted by Crippen LogP contribution is 1.85. The summed E-state index contributed by atoms with van der Waals surface area (Å²) >= 11 is 0. The maximum atomic E-state index is 10.0. The molecule has 5 heteroatoms. The smallest absolute Gasteiger partial charge is 0.317 e. The van der Waals surface area contributed by atoms with E-state index in [0.29, 0.717) is 6.54 Å². The van der Waals surface area contributed by atoms with Crippen molar-refractivity contribution in [3.05, 3.63) is 18.2 Å². The molecule has 0 amide bonds. The summed E-state index contributed by atoms with van der Waals surface area (Å²) < 4.78 is 0. The highest BCUT2D eigenvalue weighted by Gasteiger charge is 1.96. The van der Waals surface area contributed by atoms with Gasteiger partial charge in [0.25, 0.3) is 0 Å². The van der Waals surface area contributed by atoms with Crippen LogP contribution in [0.3, 0.4) is 0 Å². The molecule has 1 aromatic rings. The summed E-state index contributed by atoms with van der Waals surface area (Å²) in [5, 5.41) is 10.9. The van der Waals surface area contributed by atoms with Crippen molar-refractivity contribution in [2.24, 2.45) is 0 Å². The number of carbonyl (C=O) groups is 1. The first kappa shape index (κ1) is 7.74. The Morgan fingerprint density at radius 1 is 1.82 bits per heavy atom. The van der Waals surface area contributed by atoms with E-state index in [4.69, 9.17) is 5.11 Å². The molecule has 1 rings (SSSR count). The van der Waals surface area contributed by atoms with Gasteiger partial charge in [0.2, 0.25) is 0 Å². The fraction of sp³-hybridized carbons (Fsp3) is 0.333. The fourth-order valence-electron chi connectivity index (χ4n) is 0.682. The minimum atomic E-state index is -0.864. The summed E-state index contributed by atoms with van der Waals surface area (Å²) in [4.78, 5) is 16.8. The number of nitrogens with one attached hydrogen (secondary N) is 2. The van der Waals surface area contributed by atoms with E-state index in [9.17, 15) is 4.79 Å². The van der Waals surface area contributed by atoms with E-state index in [0.717, 1.165) is 5.82 Å². The fourth-order valence-corrected chi connectivity index (χ4v) is 0.682. The van der Waals surface area contributed by atoms with Gasteiger partial charge < -0.3 is 10.1 Å². The lowest BCUT2D eigenvalue weighted by molar-refractivity contribution is -0.135. The summed E-state index contributed by atoms with van der Waals surface area (Å²) in [7, 11) is 0. The molecule has 60 valence electrons. The number of aromatic amines is 1. The number of nitrogens with zero attached hydrogens (tertiary/aromatic N) is 1. The van der Waals surface area contributed by atoms with Crippen molar-refractivity contribution in [1.29, 1.82) is 0 Å². The van der Waals surface area contributed by atoms with Crippen molar-refractivity contribution in [3.8, 4) is 0 Å². The van der Waals surface area contributed by atoms with Crippen molar-refractivity contribution in [2.75, 3.05) is 6.54 Å². The quantitative estimate of drug-likeness (QED) is 0.552. The highest BCUT2D eigenvalue weighted by atomic mass is 16.4. The van der Waals surface area contributed by atoms with Crippen molar-refractivity contribution in [3.63, 3.8) is 0 Å². The van der Waals surface area contributed by atoms with Crippen LogP contribution in [0.4, 0.5) is 0 Å². The average molecular weight is 155 g/mol. The van der Waals surface area contributed by atoms with Crippen LogP contribution in [-0.4, -0.2) is 27.6 Å². The van der Waals surface area contributed by atoms with E-state index in [1.165, 1.54) is 0 Å². The number of aromatic nitrogens is 2. The summed E-state index contributed by atoms with van der Waals surface area (Å²) in [5.41, 5.74) is 0. The molecule has 0 unspecified atom stereocenters. The zero-order valence-corrected chi connectivity index (χ0v) is 5.87. The van der Waals surface area contributed by atoms with E-state index in [1.807, 2.05) is 0 Å². The topological polar surface area (TPSA) is 78.0 Å². The van der Waals surface area contributed by atoms with Gasteiger partial charge in [0.1, 0.15) is 5.82 Å². The van der Waals surface area contributed by atoms with E-state index >= 15 is 0 Å². The van der Waals surface area contributed by atoms with Crippen molar-refractivity contribution in [2.45, 2.75) is 6.54 Å². The molecule has 0 aromatic carbocycles. The van der Waals surface area contributed by atoms with Gasteiger partial charge in [-0.15, -0.1) is 0 Å². The maximum Gasteiger partial charge on any atom is 0.317 e. The van der Waals surface area contributed by atoms with Gasteiger partial charge in [0, 0.05) is 12.4 Å². The van der Waals surface area contributed by atoms with Crippen LogP contribution in [0, 0.1) is 0 Å². The van der Waals surface area contributed by atoms with Crippen LogP contribution >= 0.6 is 0 Å². The van der Waals surface area contributed by atoms with Crippen LogP contribution < -0.4 is 5.32 Å². The predicted molar refractivity (Wildman–Crippen MR) is 37.9 cm³/mol. The van der Waals surface area contributed by atoms with E-state index < -0.39 is 5.97 Å².